The third kappa shape index (κ3) is 3.70. The minimum absolute atomic E-state index is 0.0186. The molecule has 164 valence electrons. The van der Waals surface area contributed by atoms with Gasteiger partial charge in [0.1, 0.15) is 0 Å². The third-order valence-corrected chi connectivity index (χ3v) is 9.46. The van der Waals surface area contributed by atoms with Gasteiger partial charge in [0.05, 0.1) is 4.90 Å². The van der Waals surface area contributed by atoms with E-state index in [0.717, 1.165) is 45.2 Å². The van der Waals surface area contributed by atoms with Crippen LogP contribution >= 0.6 is 0 Å². The number of likely N-dealkylation sites (tertiary alicyclic amines) is 1. The third-order valence-electron chi connectivity index (χ3n) is 7.55. The number of hydrogen-bond acceptors (Lipinski definition) is 3. The van der Waals surface area contributed by atoms with Crippen LogP contribution in [0.3, 0.4) is 0 Å². The topological polar surface area (TPSA) is 57.7 Å². The van der Waals surface area contributed by atoms with Gasteiger partial charge in [0.25, 0.3) is 0 Å². The van der Waals surface area contributed by atoms with Crippen LogP contribution in [0, 0.1) is 0 Å². The quantitative estimate of drug-likeness (QED) is 0.727. The van der Waals surface area contributed by atoms with E-state index in [1.54, 1.807) is 28.6 Å². The molecule has 2 fully saturated rings. The van der Waals surface area contributed by atoms with E-state index in [1.165, 1.54) is 11.1 Å². The molecule has 0 radical (unpaired) electrons. The Kier molecular flexibility index (Phi) is 5.39. The number of hydrogen-bond donors (Lipinski definition) is 0. The van der Waals surface area contributed by atoms with Gasteiger partial charge in [-0.25, -0.2) is 8.42 Å². The SMILES string of the molecule is O=C(C[C@H]1CC2(CCN(S(=O)(=O)c3ccccc3)CC2)c2ccccc21)N1CCCC1. The summed E-state index contributed by atoms with van der Waals surface area (Å²) in [6.45, 7) is 2.84. The molecule has 2 heterocycles. The van der Waals surface area contributed by atoms with Gasteiger partial charge < -0.3 is 4.90 Å². The Morgan fingerprint density at radius 2 is 1.55 bits per heavy atom. The molecule has 6 heteroatoms. The first-order valence-electron chi connectivity index (χ1n) is 11.4. The summed E-state index contributed by atoms with van der Waals surface area (Å²) in [5, 5.41) is 0. The number of benzene rings is 2. The van der Waals surface area contributed by atoms with Gasteiger partial charge >= 0.3 is 0 Å². The number of carbonyl (C=O) groups excluding carboxylic acids is 1. The highest BCUT2D eigenvalue weighted by atomic mass is 32.2. The van der Waals surface area contributed by atoms with Crippen LogP contribution in [0.1, 0.15) is 55.6 Å². The van der Waals surface area contributed by atoms with E-state index in [-0.39, 0.29) is 17.2 Å². The molecule has 3 aliphatic rings. The summed E-state index contributed by atoms with van der Waals surface area (Å²) in [4.78, 5) is 15.2. The second-order valence-corrected chi connectivity index (χ2v) is 11.2. The zero-order valence-corrected chi connectivity index (χ0v) is 18.7. The summed E-state index contributed by atoms with van der Waals surface area (Å²) in [6, 6.07) is 17.3. The van der Waals surface area contributed by atoms with Crippen LogP contribution in [0.25, 0.3) is 0 Å². The second kappa shape index (κ2) is 8.06. The molecule has 2 saturated heterocycles. The lowest BCUT2D eigenvalue weighted by molar-refractivity contribution is -0.130. The molecule has 0 N–H and O–H groups in total. The molecule has 1 atom stereocenters. The maximum absolute atomic E-state index is 13.1. The monoisotopic (exact) mass is 438 g/mol. The fraction of sp³-hybridized carbons (Fsp3) is 0.480. The molecule has 1 aliphatic carbocycles. The summed E-state index contributed by atoms with van der Waals surface area (Å²) in [5.41, 5.74) is 2.62. The highest BCUT2D eigenvalue weighted by Gasteiger charge is 2.47. The van der Waals surface area contributed by atoms with Gasteiger partial charge in [-0.2, -0.15) is 4.31 Å². The van der Waals surface area contributed by atoms with E-state index in [2.05, 4.69) is 24.3 Å². The summed E-state index contributed by atoms with van der Waals surface area (Å²) < 4.78 is 27.8. The van der Waals surface area contributed by atoms with Crippen LogP contribution in [0.15, 0.2) is 59.5 Å². The van der Waals surface area contributed by atoms with Crippen LogP contribution in [0.5, 0.6) is 0 Å². The van der Waals surface area contributed by atoms with Gasteiger partial charge in [-0.05, 0) is 66.7 Å². The van der Waals surface area contributed by atoms with Crippen molar-refractivity contribution in [2.24, 2.45) is 0 Å². The van der Waals surface area contributed by atoms with Gasteiger partial charge in [-0.3, -0.25) is 4.79 Å². The van der Waals surface area contributed by atoms with Crippen molar-refractivity contribution < 1.29 is 13.2 Å². The van der Waals surface area contributed by atoms with Crippen molar-refractivity contribution in [3.63, 3.8) is 0 Å². The summed E-state index contributed by atoms with van der Waals surface area (Å²) in [7, 11) is -3.46. The number of fused-ring (bicyclic) bond motifs is 2. The van der Waals surface area contributed by atoms with Crippen LogP contribution < -0.4 is 0 Å². The Bertz CT molecular complexity index is 1050. The number of piperidine rings is 1. The molecule has 2 aliphatic heterocycles. The van der Waals surface area contributed by atoms with Crippen LogP contribution in [0.2, 0.25) is 0 Å². The molecule has 0 bridgehead atoms. The fourth-order valence-corrected chi connectivity index (χ4v) is 7.35. The maximum Gasteiger partial charge on any atom is 0.243 e. The van der Waals surface area contributed by atoms with Gasteiger partial charge in [0.15, 0.2) is 0 Å². The van der Waals surface area contributed by atoms with E-state index in [0.29, 0.717) is 24.4 Å². The highest BCUT2D eigenvalue weighted by molar-refractivity contribution is 7.89. The second-order valence-electron chi connectivity index (χ2n) is 9.28. The molecule has 1 amide bonds. The molecule has 5 rings (SSSR count). The van der Waals surface area contributed by atoms with Gasteiger partial charge in [-0.1, -0.05) is 42.5 Å². The molecular weight excluding hydrogens is 408 g/mol. The van der Waals surface area contributed by atoms with E-state index in [9.17, 15) is 13.2 Å². The molecule has 5 nitrogen and oxygen atoms in total. The Balaban J connectivity index is 1.34. The van der Waals surface area contributed by atoms with E-state index in [4.69, 9.17) is 0 Å². The summed E-state index contributed by atoms with van der Waals surface area (Å²) >= 11 is 0. The predicted octanol–water partition coefficient (Wildman–Crippen LogP) is 3.91. The lowest BCUT2D eigenvalue weighted by Gasteiger charge is -2.39. The number of carbonyl (C=O) groups is 1. The Morgan fingerprint density at radius 1 is 0.903 bits per heavy atom. The van der Waals surface area contributed by atoms with E-state index < -0.39 is 10.0 Å². The standard InChI is InChI=1S/C25H30N2O3S/c28-24(26-14-6-7-15-26)18-20-19-25(23-11-5-4-10-22(20)23)12-16-27(17-13-25)31(29,30)21-8-2-1-3-9-21/h1-5,8-11,20H,6-7,12-19H2/t20-/m0/s1. The molecular formula is C25H30N2O3S. The zero-order chi connectivity index (χ0) is 21.5. The largest absolute Gasteiger partial charge is 0.343 e. The van der Waals surface area contributed by atoms with Gasteiger partial charge in [-0.15, -0.1) is 0 Å². The smallest absolute Gasteiger partial charge is 0.243 e. The lowest BCUT2D eigenvalue weighted by Crippen LogP contribution is -2.44. The summed E-state index contributed by atoms with van der Waals surface area (Å²) in [6.07, 6.45) is 5.37. The van der Waals surface area contributed by atoms with Crippen LogP contribution in [0.4, 0.5) is 0 Å². The van der Waals surface area contributed by atoms with Crippen molar-refractivity contribution in [2.45, 2.75) is 54.8 Å². The Morgan fingerprint density at radius 3 is 2.26 bits per heavy atom. The average Bonchev–Trinajstić information content (AvgIpc) is 3.43. The first-order valence-corrected chi connectivity index (χ1v) is 12.9. The van der Waals surface area contributed by atoms with Crippen molar-refractivity contribution in [1.29, 1.82) is 0 Å². The first kappa shape index (κ1) is 20.7. The Hall–Kier alpha value is -2.18. The van der Waals surface area contributed by atoms with Crippen molar-refractivity contribution in [2.75, 3.05) is 26.2 Å². The normalized spacial score (nSPS) is 23.2. The number of amides is 1. The molecule has 0 unspecified atom stereocenters. The van der Waals surface area contributed by atoms with Crippen molar-refractivity contribution in [3.8, 4) is 0 Å². The van der Waals surface area contributed by atoms with Crippen molar-refractivity contribution >= 4 is 15.9 Å². The van der Waals surface area contributed by atoms with E-state index >= 15 is 0 Å². The number of rotatable bonds is 4. The van der Waals surface area contributed by atoms with Gasteiger partial charge in [0.2, 0.25) is 15.9 Å². The average molecular weight is 439 g/mol. The molecule has 0 aromatic heterocycles. The molecule has 2 aromatic rings. The molecule has 2 aromatic carbocycles. The number of nitrogens with zero attached hydrogens (tertiary/aromatic N) is 2. The van der Waals surface area contributed by atoms with Crippen molar-refractivity contribution in [3.05, 3.63) is 65.7 Å². The van der Waals surface area contributed by atoms with Gasteiger partial charge in [0, 0.05) is 32.6 Å². The highest BCUT2D eigenvalue weighted by Crippen LogP contribution is 2.53. The Labute approximate surface area is 185 Å². The molecule has 31 heavy (non-hydrogen) atoms. The predicted molar refractivity (Wildman–Crippen MR) is 120 cm³/mol. The molecule has 1 spiro atoms. The van der Waals surface area contributed by atoms with Crippen molar-refractivity contribution in [1.82, 2.24) is 9.21 Å². The minimum Gasteiger partial charge on any atom is -0.343 e. The minimum atomic E-state index is -3.46. The molecule has 0 saturated carbocycles. The van der Waals surface area contributed by atoms with Crippen LogP contribution in [-0.4, -0.2) is 49.7 Å². The fourth-order valence-electron chi connectivity index (χ4n) is 5.89. The zero-order valence-electron chi connectivity index (χ0n) is 17.9. The van der Waals surface area contributed by atoms with E-state index in [1.807, 2.05) is 11.0 Å². The number of sulfonamides is 1. The lowest BCUT2D eigenvalue weighted by atomic mass is 9.73. The van der Waals surface area contributed by atoms with Crippen LogP contribution in [-0.2, 0) is 20.2 Å². The first-order chi connectivity index (χ1) is 15.0. The summed E-state index contributed by atoms with van der Waals surface area (Å²) in [5.74, 6) is 0.514. The maximum atomic E-state index is 13.1.